The first-order valence-corrected chi connectivity index (χ1v) is 9.75. The van der Waals surface area contributed by atoms with Crippen LogP contribution in [-0.4, -0.2) is 55.5 Å². The molecule has 28 heavy (non-hydrogen) atoms. The lowest BCUT2D eigenvalue weighted by atomic mass is 9.85. The van der Waals surface area contributed by atoms with Gasteiger partial charge in [-0.2, -0.15) is 4.80 Å². The Morgan fingerprint density at radius 3 is 2.46 bits per heavy atom. The van der Waals surface area contributed by atoms with E-state index < -0.39 is 5.54 Å². The molecule has 0 spiro atoms. The number of nitrogens with zero attached hydrogens (tertiary/aromatic N) is 5. The Balaban J connectivity index is 1.30. The average molecular weight is 382 g/mol. The van der Waals surface area contributed by atoms with E-state index in [9.17, 15) is 9.59 Å². The van der Waals surface area contributed by atoms with Crippen LogP contribution in [0.15, 0.2) is 30.3 Å². The molecule has 0 unspecified atom stereocenters. The topological polar surface area (TPSA) is 93.0 Å². The highest BCUT2D eigenvalue weighted by Gasteiger charge is 2.57. The van der Waals surface area contributed by atoms with Gasteiger partial charge in [0.15, 0.2) is 0 Å². The van der Waals surface area contributed by atoms with Crippen molar-refractivity contribution in [1.29, 1.82) is 0 Å². The molecule has 4 rings (SSSR count). The highest BCUT2D eigenvalue weighted by Crippen LogP contribution is 2.54. The number of amides is 2. The third-order valence-electron chi connectivity index (χ3n) is 5.90. The molecule has 2 aromatic rings. The number of rotatable bonds is 6. The van der Waals surface area contributed by atoms with Crippen LogP contribution in [0.4, 0.5) is 0 Å². The number of likely N-dealkylation sites (tertiary alicyclic amines) is 1. The van der Waals surface area contributed by atoms with Gasteiger partial charge in [-0.05, 0) is 30.9 Å². The first-order chi connectivity index (χ1) is 13.3. The maximum atomic E-state index is 12.7. The molecule has 8 heteroatoms. The summed E-state index contributed by atoms with van der Waals surface area (Å²) in [6, 6.07) is 9.51. The molecule has 2 heterocycles. The summed E-state index contributed by atoms with van der Waals surface area (Å²) in [6.45, 7) is 7.28. The van der Waals surface area contributed by atoms with Gasteiger partial charge in [0.2, 0.25) is 17.6 Å². The van der Waals surface area contributed by atoms with Gasteiger partial charge in [-0.15, -0.1) is 10.2 Å². The van der Waals surface area contributed by atoms with Crippen LogP contribution < -0.4 is 5.32 Å². The number of benzene rings is 1. The summed E-state index contributed by atoms with van der Waals surface area (Å²) >= 11 is 0. The number of tetrazole rings is 1. The van der Waals surface area contributed by atoms with Gasteiger partial charge in [-0.25, -0.2) is 0 Å². The summed E-state index contributed by atoms with van der Waals surface area (Å²) in [5.74, 6) is 0.901. The van der Waals surface area contributed by atoms with Gasteiger partial charge in [0.1, 0.15) is 6.54 Å². The lowest BCUT2D eigenvalue weighted by Crippen LogP contribution is -2.71. The van der Waals surface area contributed by atoms with Gasteiger partial charge >= 0.3 is 0 Å². The fourth-order valence-electron chi connectivity index (χ4n) is 4.02. The van der Waals surface area contributed by atoms with E-state index >= 15 is 0 Å². The normalized spacial score (nSPS) is 19.2. The zero-order valence-electron chi connectivity index (χ0n) is 16.6. The summed E-state index contributed by atoms with van der Waals surface area (Å²) in [7, 11) is 0. The van der Waals surface area contributed by atoms with Crippen molar-refractivity contribution < 1.29 is 9.59 Å². The summed E-state index contributed by atoms with van der Waals surface area (Å²) in [4.78, 5) is 28.3. The molecule has 1 aromatic heterocycles. The molecule has 1 saturated carbocycles. The molecule has 148 valence electrons. The van der Waals surface area contributed by atoms with Crippen molar-refractivity contribution in [3.05, 3.63) is 30.3 Å². The Bertz CT molecular complexity index is 881. The molecule has 2 amide bonds. The van der Waals surface area contributed by atoms with Crippen molar-refractivity contribution in [3.8, 4) is 11.4 Å². The lowest BCUT2D eigenvalue weighted by molar-refractivity contribution is -0.149. The Hall–Kier alpha value is -2.77. The number of carbonyl (C=O) groups is 2. The molecule has 1 aliphatic heterocycles. The molecule has 2 aliphatic rings. The summed E-state index contributed by atoms with van der Waals surface area (Å²) < 4.78 is 0. The Labute approximate surface area is 164 Å². The van der Waals surface area contributed by atoms with Gasteiger partial charge in [0.05, 0.1) is 11.0 Å². The first-order valence-electron chi connectivity index (χ1n) is 9.75. The largest absolute Gasteiger partial charge is 0.346 e. The van der Waals surface area contributed by atoms with Gasteiger partial charge < -0.3 is 10.2 Å². The maximum Gasteiger partial charge on any atom is 0.244 e. The minimum Gasteiger partial charge on any atom is -0.346 e. The molecular weight excluding hydrogens is 356 g/mol. The van der Waals surface area contributed by atoms with Crippen molar-refractivity contribution in [2.45, 2.75) is 45.7 Å². The Kier molecular flexibility index (Phi) is 4.44. The standard InChI is InChI=1S/C20H26N6O2/c1-14(2)20(9-10-20)18(28)25-12-19(3,13-25)21-16(27)11-26-23-17(22-24-26)15-7-5-4-6-8-15/h4-8,14H,9-13H2,1-3H3,(H,21,27). The van der Waals surface area contributed by atoms with Crippen LogP contribution >= 0.6 is 0 Å². The molecule has 1 N–H and O–H groups in total. The second-order valence-electron chi connectivity index (χ2n) is 8.59. The van der Waals surface area contributed by atoms with E-state index in [2.05, 4.69) is 34.6 Å². The quantitative estimate of drug-likeness (QED) is 0.817. The minimum absolute atomic E-state index is 0.000693. The van der Waals surface area contributed by atoms with Crippen molar-refractivity contribution in [2.24, 2.45) is 11.3 Å². The number of hydrogen-bond donors (Lipinski definition) is 1. The van der Waals surface area contributed by atoms with Crippen LogP contribution in [0.25, 0.3) is 11.4 Å². The zero-order chi connectivity index (χ0) is 19.9. The fraction of sp³-hybridized carbons (Fsp3) is 0.550. The molecule has 0 atom stereocenters. The Morgan fingerprint density at radius 2 is 1.86 bits per heavy atom. The van der Waals surface area contributed by atoms with E-state index in [0.29, 0.717) is 24.8 Å². The molecular formula is C20H26N6O2. The van der Waals surface area contributed by atoms with Crippen LogP contribution in [-0.2, 0) is 16.1 Å². The van der Waals surface area contributed by atoms with Crippen LogP contribution in [0.2, 0.25) is 0 Å². The molecule has 1 aliphatic carbocycles. The second-order valence-corrected chi connectivity index (χ2v) is 8.59. The van der Waals surface area contributed by atoms with Crippen molar-refractivity contribution in [2.75, 3.05) is 13.1 Å². The zero-order valence-corrected chi connectivity index (χ0v) is 16.6. The SMILES string of the molecule is CC(C)C1(C(=O)N2CC(C)(NC(=O)Cn3nnc(-c4ccccc4)n3)C2)CC1. The predicted octanol–water partition coefficient (Wildman–Crippen LogP) is 1.49. The lowest BCUT2D eigenvalue weighted by Gasteiger charge is -2.49. The van der Waals surface area contributed by atoms with E-state index in [-0.39, 0.29) is 23.8 Å². The van der Waals surface area contributed by atoms with Gasteiger partial charge in [-0.3, -0.25) is 9.59 Å². The highest BCUT2D eigenvalue weighted by atomic mass is 16.2. The molecule has 8 nitrogen and oxygen atoms in total. The fourth-order valence-corrected chi connectivity index (χ4v) is 4.02. The minimum atomic E-state index is -0.400. The van der Waals surface area contributed by atoms with Crippen LogP contribution in [0.1, 0.15) is 33.6 Å². The second kappa shape index (κ2) is 6.68. The summed E-state index contributed by atoms with van der Waals surface area (Å²) in [5, 5.41) is 15.2. The molecule has 0 radical (unpaired) electrons. The average Bonchev–Trinajstić information content (AvgIpc) is 3.34. The van der Waals surface area contributed by atoms with E-state index in [1.54, 1.807) is 0 Å². The number of aromatic nitrogens is 4. The third-order valence-corrected chi connectivity index (χ3v) is 5.90. The van der Waals surface area contributed by atoms with Crippen molar-refractivity contribution in [3.63, 3.8) is 0 Å². The van der Waals surface area contributed by atoms with E-state index in [1.165, 1.54) is 4.80 Å². The Morgan fingerprint density at radius 1 is 1.18 bits per heavy atom. The molecule has 0 bridgehead atoms. The van der Waals surface area contributed by atoms with E-state index in [1.807, 2.05) is 42.2 Å². The predicted molar refractivity (Wildman–Crippen MR) is 103 cm³/mol. The third kappa shape index (κ3) is 3.39. The van der Waals surface area contributed by atoms with Crippen LogP contribution in [0.5, 0.6) is 0 Å². The van der Waals surface area contributed by atoms with Gasteiger partial charge in [-0.1, -0.05) is 44.2 Å². The summed E-state index contributed by atoms with van der Waals surface area (Å²) in [6.07, 6.45) is 1.95. The molecule has 1 aromatic carbocycles. The maximum absolute atomic E-state index is 12.7. The van der Waals surface area contributed by atoms with Gasteiger partial charge in [0.25, 0.3) is 0 Å². The van der Waals surface area contributed by atoms with Crippen molar-refractivity contribution in [1.82, 2.24) is 30.4 Å². The van der Waals surface area contributed by atoms with Crippen molar-refractivity contribution >= 4 is 11.8 Å². The van der Waals surface area contributed by atoms with Gasteiger partial charge in [0, 0.05) is 18.7 Å². The van der Waals surface area contributed by atoms with Crippen LogP contribution in [0, 0.1) is 11.3 Å². The number of carbonyl (C=O) groups excluding carboxylic acids is 2. The molecule has 2 fully saturated rings. The van der Waals surface area contributed by atoms with Crippen LogP contribution in [0.3, 0.4) is 0 Å². The number of nitrogens with one attached hydrogen (secondary N) is 1. The molecule has 1 saturated heterocycles. The highest BCUT2D eigenvalue weighted by molar-refractivity contribution is 5.87. The smallest absolute Gasteiger partial charge is 0.244 e. The monoisotopic (exact) mass is 382 g/mol. The van der Waals surface area contributed by atoms with E-state index in [0.717, 1.165) is 18.4 Å². The van der Waals surface area contributed by atoms with E-state index in [4.69, 9.17) is 0 Å². The first kappa shape index (κ1) is 18.6. The summed E-state index contributed by atoms with van der Waals surface area (Å²) in [5.41, 5.74) is 0.292. The number of hydrogen-bond acceptors (Lipinski definition) is 5.